The van der Waals surface area contributed by atoms with Crippen LogP contribution >= 0.6 is 0 Å². The quantitative estimate of drug-likeness (QED) is 0.100. The molecule has 4 N–H and O–H groups in total. The molecule has 4 unspecified atom stereocenters. The molecule has 1 amide bonds. The van der Waals surface area contributed by atoms with Crippen LogP contribution in [0.3, 0.4) is 0 Å². The minimum Gasteiger partial charge on any atom is -0.481 e. The van der Waals surface area contributed by atoms with E-state index in [4.69, 9.17) is 28.4 Å². The Morgan fingerprint density at radius 2 is 1.41 bits per heavy atom. The lowest BCUT2D eigenvalue weighted by Gasteiger charge is -2.67. The van der Waals surface area contributed by atoms with Crippen LogP contribution in [0.1, 0.15) is 99.5 Å². The van der Waals surface area contributed by atoms with Gasteiger partial charge in [0.1, 0.15) is 30.0 Å². The highest BCUT2D eigenvalue weighted by atomic mass is 16.6. The van der Waals surface area contributed by atoms with Crippen LogP contribution in [0.25, 0.3) is 0 Å². The molecular formula is C51H55NO17. The number of ether oxygens (including phenoxy) is 6. The number of carboxylic acids is 1. The van der Waals surface area contributed by atoms with Gasteiger partial charge in [-0.1, -0.05) is 80.6 Å². The molecule has 11 atom stereocenters. The van der Waals surface area contributed by atoms with Gasteiger partial charge in [-0.3, -0.25) is 28.8 Å². The number of benzene rings is 3. The predicted octanol–water partition coefficient (Wildman–Crippen LogP) is 4.15. The number of amides is 1. The summed E-state index contributed by atoms with van der Waals surface area (Å²) < 4.78 is 36.3. The number of aliphatic hydroxyl groups is 2. The fourth-order valence-corrected chi connectivity index (χ4v) is 10.7. The lowest BCUT2D eigenvalue weighted by Crippen LogP contribution is -2.82. The van der Waals surface area contributed by atoms with Crippen molar-refractivity contribution < 1.29 is 82.1 Å². The number of esters is 5. The van der Waals surface area contributed by atoms with Crippen LogP contribution in [0.4, 0.5) is 0 Å². The molecule has 2 bridgehead atoms. The zero-order valence-electron chi connectivity index (χ0n) is 38.9. The molecule has 0 radical (unpaired) electrons. The Labute approximate surface area is 397 Å². The Kier molecular flexibility index (Phi) is 14.0. The first-order valence-corrected chi connectivity index (χ1v) is 22.5. The molecule has 0 aromatic heterocycles. The van der Waals surface area contributed by atoms with Gasteiger partial charge in [-0.25, -0.2) is 9.59 Å². The second kappa shape index (κ2) is 19.3. The van der Waals surface area contributed by atoms with Gasteiger partial charge in [-0.05, 0) is 54.8 Å². The number of aliphatic carboxylic acids is 1. The topological polar surface area (TPSA) is 265 Å². The van der Waals surface area contributed by atoms with E-state index in [2.05, 4.69) is 5.32 Å². The number of hydrogen-bond acceptors (Lipinski definition) is 16. The van der Waals surface area contributed by atoms with Gasteiger partial charge >= 0.3 is 35.8 Å². The van der Waals surface area contributed by atoms with E-state index in [0.29, 0.717) is 0 Å². The molecule has 3 fully saturated rings. The van der Waals surface area contributed by atoms with Crippen molar-refractivity contribution in [1.82, 2.24) is 5.32 Å². The molecule has 18 nitrogen and oxygen atoms in total. The fourth-order valence-electron chi connectivity index (χ4n) is 10.7. The summed E-state index contributed by atoms with van der Waals surface area (Å²) in [6, 6.07) is 22.1. The first kappa shape index (κ1) is 50.1. The van der Waals surface area contributed by atoms with E-state index in [9.17, 15) is 44.1 Å². The molecule has 3 aliphatic carbocycles. The molecule has 2 saturated carbocycles. The van der Waals surface area contributed by atoms with Crippen LogP contribution in [-0.4, -0.2) is 117 Å². The normalized spacial score (nSPS) is 29.7. The fraction of sp³-hybridized carbons (Fsp3) is 0.451. The SMILES string of the molecule is CC(=O)O[C@H]1C(=O)[C@@]2(C)C([C@@H](OC(=O)c3ccccc3)[C@]3(O)CC(OC(=O)[C@H](OC(=O)CCC(=O)O)C(NC(=O)c4ccccc4)c4ccccc4)C(C)=C1C3(C)C)[C@@]1(OC(C)=O)COC1C[C@@H]2O. The van der Waals surface area contributed by atoms with E-state index in [1.165, 1.54) is 52.0 Å². The average molecular weight is 954 g/mol. The first-order chi connectivity index (χ1) is 32.6. The van der Waals surface area contributed by atoms with Crippen molar-refractivity contribution in [3.63, 3.8) is 0 Å². The van der Waals surface area contributed by atoms with E-state index >= 15 is 9.59 Å². The molecule has 1 saturated heterocycles. The van der Waals surface area contributed by atoms with Crippen molar-refractivity contribution in [3.8, 4) is 0 Å². The van der Waals surface area contributed by atoms with Crippen LogP contribution < -0.4 is 5.32 Å². The van der Waals surface area contributed by atoms with E-state index < -0.39 is 137 Å². The van der Waals surface area contributed by atoms with Crippen LogP contribution in [-0.2, 0) is 57.2 Å². The average Bonchev–Trinajstić information content (AvgIpc) is 3.30. The van der Waals surface area contributed by atoms with Gasteiger partial charge in [0.2, 0.25) is 6.10 Å². The monoisotopic (exact) mass is 953 g/mol. The number of fused-ring (bicyclic) bond motifs is 5. The molecule has 69 heavy (non-hydrogen) atoms. The molecule has 7 rings (SSSR count). The highest BCUT2D eigenvalue weighted by Gasteiger charge is 2.78. The summed E-state index contributed by atoms with van der Waals surface area (Å²) >= 11 is 0. The Hall–Kier alpha value is -6.76. The number of carboxylic acid groups (broad SMARTS) is 1. The van der Waals surface area contributed by atoms with Crippen molar-refractivity contribution in [1.29, 1.82) is 0 Å². The smallest absolute Gasteiger partial charge is 0.350 e. The van der Waals surface area contributed by atoms with Gasteiger partial charge in [0.05, 0.1) is 42.4 Å². The van der Waals surface area contributed by atoms with Crippen LogP contribution in [0.15, 0.2) is 102 Å². The summed E-state index contributed by atoms with van der Waals surface area (Å²) in [5, 5.41) is 38.2. The van der Waals surface area contributed by atoms with E-state index in [-0.39, 0.29) is 40.9 Å². The standard InChI is InChI=1S/C51H55NO17/c1-27-33(66-47(62)41(67-37(58)23-22-36(56)57)39(30-16-10-7-11-17-30)52-45(60)31-18-12-8-13-19-31)25-51(63)44(68-46(61)32-20-14-9-15-21-32)42-49(6,34(55)24-35-50(42,26-64-35)69-29(3)54)43(59)40(65-28(2)53)38(27)48(51,4)5/h7-21,33-35,39-42,44,55,63H,22-26H2,1-6H3,(H,52,60)(H,56,57)/t33?,34-,35?,39?,40+,41+,42?,44+,49+,50+,51+/m0/s1. The number of rotatable bonds is 14. The second-order valence-corrected chi connectivity index (χ2v) is 18.7. The van der Waals surface area contributed by atoms with Gasteiger partial charge in [0, 0.05) is 37.7 Å². The van der Waals surface area contributed by atoms with Gasteiger partial charge in [-0.2, -0.15) is 0 Å². The van der Waals surface area contributed by atoms with Gasteiger partial charge in [0.15, 0.2) is 17.5 Å². The zero-order chi connectivity index (χ0) is 50.2. The lowest BCUT2D eigenvalue weighted by molar-refractivity contribution is -0.346. The molecular weight excluding hydrogens is 899 g/mol. The summed E-state index contributed by atoms with van der Waals surface area (Å²) in [6.07, 6.45) is -12.5. The molecule has 4 aliphatic rings. The summed E-state index contributed by atoms with van der Waals surface area (Å²) in [4.78, 5) is 110. The largest absolute Gasteiger partial charge is 0.481 e. The Balaban J connectivity index is 1.42. The van der Waals surface area contributed by atoms with Gasteiger partial charge in [-0.15, -0.1) is 0 Å². The highest BCUT2D eigenvalue weighted by molar-refractivity contribution is 5.96. The zero-order valence-corrected chi connectivity index (χ0v) is 38.9. The number of carbonyl (C=O) groups is 8. The number of aliphatic hydroxyl groups excluding tert-OH is 1. The highest BCUT2D eigenvalue weighted by Crippen LogP contribution is 2.64. The van der Waals surface area contributed by atoms with Crippen molar-refractivity contribution in [2.75, 3.05) is 6.61 Å². The minimum atomic E-state index is -2.50. The summed E-state index contributed by atoms with van der Waals surface area (Å²) in [5.41, 5.74) is -7.77. The van der Waals surface area contributed by atoms with Gasteiger partial charge < -0.3 is 49.1 Å². The Morgan fingerprint density at radius 3 is 1.96 bits per heavy atom. The molecule has 366 valence electrons. The van der Waals surface area contributed by atoms with Crippen molar-refractivity contribution >= 4 is 47.5 Å². The maximum absolute atomic E-state index is 15.7. The third kappa shape index (κ3) is 9.15. The van der Waals surface area contributed by atoms with Crippen molar-refractivity contribution in [3.05, 3.63) is 119 Å². The number of Topliss-reactive ketones (excluding diaryl/α,β-unsaturated/α-hetero) is 1. The van der Waals surface area contributed by atoms with E-state index in [1.54, 1.807) is 66.7 Å². The van der Waals surface area contributed by atoms with Crippen molar-refractivity contribution in [2.24, 2.45) is 16.7 Å². The predicted molar refractivity (Wildman–Crippen MR) is 238 cm³/mol. The summed E-state index contributed by atoms with van der Waals surface area (Å²) in [6.45, 7) is 7.68. The summed E-state index contributed by atoms with van der Waals surface area (Å²) in [5.74, 6) is -9.78. The molecule has 18 heteroatoms. The molecule has 1 heterocycles. The molecule has 3 aromatic rings. The minimum absolute atomic E-state index is 0.0221. The van der Waals surface area contributed by atoms with Crippen LogP contribution in [0.5, 0.6) is 0 Å². The van der Waals surface area contributed by atoms with Gasteiger partial charge in [0.25, 0.3) is 5.91 Å². The second-order valence-electron chi connectivity index (χ2n) is 18.7. The number of nitrogens with one attached hydrogen (secondary N) is 1. The lowest BCUT2D eigenvalue weighted by atomic mass is 9.44. The van der Waals surface area contributed by atoms with E-state index in [0.717, 1.165) is 13.8 Å². The number of ketones is 1. The molecule has 1 aliphatic heterocycles. The molecule has 0 spiro atoms. The summed E-state index contributed by atoms with van der Waals surface area (Å²) in [7, 11) is 0. The third-order valence-corrected chi connectivity index (χ3v) is 14.3. The first-order valence-electron chi connectivity index (χ1n) is 22.5. The van der Waals surface area contributed by atoms with E-state index in [1.807, 2.05) is 0 Å². The number of hydrogen-bond donors (Lipinski definition) is 4. The third-order valence-electron chi connectivity index (χ3n) is 14.3. The number of carbonyl (C=O) groups excluding carboxylic acids is 7. The Morgan fingerprint density at radius 1 is 0.812 bits per heavy atom. The maximum Gasteiger partial charge on any atom is 0.350 e. The van der Waals surface area contributed by atoms with Crippen LogP contribution in [0.2, 0.25) is 0 Å². The van der Waals surface area contributed by atoms with Crippen LogP contribution in [0, 0.1) is 16.7 Å². The van der Waals surface area contributed by atoms with Crippen molar-refractivity contribution in [2.45, 2.75) is 121 Å². The Bertz CT molecular complexity index is 2550. The molecule has 3 aromatic carbocycles. The maximum atomic E-state index is 15.7.